The molecular formula is C17H29Li. The molecule has 98 valence electrons. The summed E-state index contributed by atoms with van der Waals surface area (Å²) in [6.45, 7) is 10.5. The summed E-state index contributed by atoms with van der Waals surface area (Å²) in [5.74, 6) is 0.889. The van der Waals surface area contributed by atoms with Crippen LogP contribution >= 0.6 is 0 Å². The molecule has 0 N–H and O–H groups in total. The average molecular weight is 240 g/mol. The second kappa shape index (κ2) is 14.9. The van der Waals surface area contributed by atoms with E-state index in [2.05, 4.69) is 39.8 Å². The van der Waals surface area contributed by atoms with E-state index in [0.29, 0.717) is 0 Å². The van der Waals surface area contributed by atoms with Crippen LogP contribution in [-0.2, 0) is 0 Å². The zero-order valence-electron chi connectivity index (χ0n) is 12.9. The minimum absolute atomic E-state index is 0. The third-order valence-electron chi connectivity index (χ3n) is 2.72. The van der Waals surface area contributed by atoms with Crippen LogP contribution in [-0.4, -0.2) is 0 Å². The Bertz CT molecular complexity index is 241. The van der Waals surface area contributed by atoms with E-state index >= 15 is 0 Å². The maximum absolute atomic E-state index is 3.82. The van der Waals surface area contributed by atoms with Gasteiger partial charge in [0.25, 0.3) is 0 Å². The van der Waals surface area contributed by atoms with Crippen molar-refractivity contribution in [1.29, 1.82) is 0 Å². The standard InChI is InChI=1S/C10H21.C7H8.Li/c1-4-5-6-7-8-9-10(2)3;1-7-5-3-2-4-6-7;/h10H,1,4-9H2,2-3H3;2-6H,1H3;/q-1;;+1. The Morgan fingerprint density at radius 2 is 1.50 bits per heavy atom. The minimum atomic E-state index is 0. The molecule has 0 nitrogen and oxygen atoms in total. The molecule has 0 spiro atoms. The number of unbranched alkanes of at least 4 members (excludes halogenated alkanes) is 4. The van der Waals surface area contributed by atoms with Crippen LogP contribution in [0.1, 0.15) is 57.9 Å². The summed E-state index contributed by atoms with van der Waals surface area (Å²) in [5.41, 5.74) is 1.32. The largest absolute Gasteiger partial charge is 1.00 e. The molecule has 0 unspecified atom stereocenters. The normalized spacial score (nSPS) is 9.39. The molecular weight excluding hydrogens is 211 g/mol. The number of aryl methyl sites for hydroxylation is 1. The second-order valence-corrected chi connectivity index (χ2v) is 5.10. The molecule has 0 amide bonds. The number of hydrogen-bond donors (Lipinski definition) is 0. The first kappa shape index (κ1) is 20.1. The van der Waals surface area contributed by atoms with Crippen LogP contribution in [0.25, 0.3) is 0 Å². The number of rotatable bonds is 6. The molecule has 0 atom stereocenters. The van der Waals surface area contributed by atoms with Gasteiger partial charge in [-0.05, 0) is 12.8 Å². The monoisotopic (exact) mass is 240 g/mol. The van der Waals surface area contributed by atoms with Crippen molar-refractivity contribution >= 4 is 0 Å². The van der Waals surface area contributed by atoms with Crippen LogP contribution in [0.2, 0.25) is 0 Å². The van der Waals surface area contributed by atoms with E-state index < -0.39 is 0 Å². The molecule has 1 aromatic carbocycles. The van der Waals surface area contributed by atoms with Gasteiger partial charge in [-0.2, -0.15) is 6.42 Å². The minimum Gasteiger partial charge on any atom is -0.343 e. The van der Waals surface area contributed by atoms with Crippen LogP contribution < -0.4 is 18.9 Å². The zero-order valence-corrected chi connectivity index (χ0v) is 12.9. The van der Waals surface area contributed by atoms with Crippen molar-refractivity contribution < 1.29 is 18.9 Å². The molecule has 0 fully saturated rings. The van der Waals surface area contributed by atoms with Gasteiger partial charge < -0.3 is 6.92 Å². The van der Waals surface area contributed by atoms with Gasteiger partial charge in [-0.25, -0.2) is 0 Å². The van der Waals surface area contributed by atoms with Crippen molar-refractivity contribution in [3.8, 4) is 0 Å². The summed E-state index contributed by atoms with van der Waals surface area (Å²) in [4.78, 5) is 0. The Morgan fingerprint density at radius 1 is 0.944 bits per heavy atom. The molecule has 0 aliphatic carbocycles. The van der Waals surface area contributed by atoms with Crippen molar-refractivity contribution in [2.45, 2.75) is 59.3 Å². The third kappa shape index (κ3) is 15.8. The maximum Gasteiger partial charge on any atom is 1.00 e. The summed E-state index contributed by atoms with van der Waals surface area (Å²) in [7, 11) is 0. The Kier molecular flexibility index (Phi) is 16.6. The van der Waals surface area contributed by atoms with E-state index in [1.165, 1.54) is 37.7 Å². The third-order valence-corrected chi connectivity index (χ3v) is 2.72. The number of benzene rings is 1. The molecule has 1 heteroatoms. The van der Waals surface area contributed by atoms with E-state index in [0.717, 1.165) is 12.3 Å². The Balaban J connectivity index is 0. The fourth-order valence-electron chi connectivity index (χ4n) is 1.62. The smallest absolute Gasteiger partial charge is 0.343 e. The Morgan fingerprint density at radius 3 is 1.89 bits per heavy atom. The maximum atomic E-state index is 3.82. The van der Waals surface area contributed by atoms with Gasteiger partial charge in [0.2, 0.25) is 0 Å². The first-order chi connectivity index (χ1) is 8.16. The van der Waals surface area contributed by atoms with Crippen molar-refractivity contribution in [3.63, 3.8) is 0 Å². The van der Waals surface area contributed by atoms with Gasteiger partial charge in [-0.3, -0.25) is 0 Å². The van der Waals surface area contributed by atoms with Gasteiger partial charge in [0.1, 0.15) is 0 Å². The zero-order chi connectivity index (χ0) is 12.9. The number of hydrogen-bond acceptors (Lipinski definition) is 0. The molecule has 0 radical (unpaired) electrons. The van der Waals surface area contributed by atoms with Crippen LogP contribution in [0, 0.1) is 19.8 Å². The fourth-order valence-corrected chi connectivity index (χ4v) is 1.62. The summed E-state index contributed by atoms with van der Waals surface area (Å²) in [6.07, 6.45) is 8.04. The van der Waals surface area contributed by atoms with Gasteiger partial charge in [0.15, 0.2) is 0 Å². The predicted octanol–water partition coefficient (Wildman–Crippen LogP) is 2.82. The fraction of sp³-hybridized carbons (Fsp3) is 0.588. The quantitative estimate of drug-likeness (QED) is 0.407. The van der Waals surface area contributed by atoms with Gasteiger partial charge in [-0.1, -0.05) is 81.8 Å². The first-order valence-electron chi connectivity index (χ1n) is 6.97. The van der Waals surface area contributed by atoms with E-state index in [1.54, 1.807) is 0 Å². The average Bonchev–Trinajstić information content (AvgIpc) is 2.30. The van der Waals surface area contributed by atoms with Crippen molar-refractivity contribution in [1.82, 2.24) is 0 Å². The van der Waals surface area contributed by atoms with Gasteiger partial charge in [0.05, 0.1) is 0 Å². The van der Waals surface area contributed by atoms with Crippen LogP contribution in [0.3, 0.4) is 0 Å². The van der Waals surface area contributed by atoms with E-state index in [1.807, 2.05) is 18.2 Å². The van der Waals surface area contributed by atoms with E-state index in [4.69, 9.17) is 0 Å². The van der Waals surface area contributed by atoms with Crippen molar-refractivity contribution in [2.75, 3.05) is 0 Å². The molecule has 0 saturated heterocycles. The molecule has 0 heterocycles. The molecule has 0 saturated carbocycles. The molecule has 0 bridgehead atoms. The SMILES string of the molecule is Cc1ccccc1.[CH2-]CCCCCCC(C)C.[Li+]. The first-order valence-corrected chi connectivity index (χ1v) is 6.97. The van der Waals surface area contributed by atoms with E-state index in [9.17, 15) is 0 Å². The summed E-state index contributed by atoms with van der Waals surface area (Å²) in [6, 6.07) is 10.3. The Hall–Kier alpha value is -0.183. The molecule has 1 rings (SSSR count). The van der Waals surface area contributed by atoms with Crippen LogP contribution in [0.5, 0.6) is 0 Å². The summed E-state index contributed by atoms with van der Waals surface area (Å²) < 4.78 is 0. The molecule has 18 heavy (non-hydrogen) atoms. The van der Waals surface area contributed by atoms with Crippen LogP contribution in [0.4, 0.5) is 0 Å². The Labute approximate surface area is 127 Å². The molecule has 0 aliphatic rings. The van der Waals surface area contributed by atoms with Gasteiger partial charge in [-0.15, -0.1) is 0 Å². The molecule has 0 aromatic heterocycles. The van der Waals surface area contributed by atoms with Crippen molar-refractivity contribution in [3.05, 3.63) is 42.8 Å². The topological polar surface area (TPSA) is 0 Å². The second-order valence-electron chi connectivity index (χ2n) is 5.10. The molecule has 0 aliphatic heterocycles. The van der Waals surface area contributed by atoms with Crippen LogP contribution in [0.15, 0.2) is 30.3 Å². The molecule has 1 aromatic rings. The van der Waals surface area contributed by atoms with Gasteiger partial charge in [0, 0.05) is 0 Å². The summed E-state index contributed by atoms with van der Waals surface area (Å²) >= 11 is 0. The van der Waals surface area contributed by atoms with Gasteiger partial charge >= 0.3 is 18.9 Å². The summed E-state index contributed by atoms with van der Waals surface area (Å²) in [5, 5.41) is 0. The van der Waals surface area contributed by atoms with E-state index in [-0.39, 0.29) is 18.9 Å². The van der Waals surface area contributed by atoms with Crippen molar-refractivity contribution in [2.24, 2.45) is 5.92 Å². The predicted molar refractivity (Wildman–Crippen MR) is 79.1 cm³/mol.